The SMILES string of the molecule is CNc1c(C(=O)c2cc(-c3ccccc3)no2)sc(NC(C)C(C)C)c1C#N. The number of hydrogen-bond donors (Lipinski definition) is 2. The number of thiophene rings is 1. The van der Waals surface area contributed by atoms with Gasteiger partial charge in [0.05, 0.1) is 5.69 Å². The number of nitrogens with zero attached hydrogens (tertiary/aromatic N) is 2. The van der Waals surface area contributed by atoms with Crippen molar-refractivity contribution in [3.63, 3.8) is 0 Å². The van der Waals surface area contributed by atoms with E-state index in [1.54, 1.807) is 13.1 Å². The van der Waals surface area contributed by atoms with E-state index in [1.807, 2.05) is 30.3 Å². The van der Waals surface area contributed by atoms with Crippen molar-refractivity contribution in [1.82, 2.24) is 5.16 Å². The van der Waals surface area contributed by atoms with E-state index in [-0.39, 0.29) is 17.6 Å². The molecular weight excluding hydrogens is 372 g/mol. The molecule has 0 aliphatic carbocycles. The molecule has 1 atom stereocenters. The maximum Gasteiger partial charge on any atom is 0.243 e. The zero-order chi connectivity index (χ0) is 20.3. The first-order chi connectivity index (χ1) is 13.5. The molecule has 3 rings (SSSR count). The van der Waals surface area contributed by atoms with Crippen molar-refractivity contribution >= 4 is 27.8 Å². The Labute approximate surface area is 168 Å². The number of anilines is 2. The Balaban J connectivity index is 1.97. The summed E-state index contributed by atoms with van der Waals surface area (Å²) < 4.78 is 5.31. The maximum absolute atomic E-state index is 13.1. The highest BCUT2D eigenvalue weighted by Crippen LogP contribution is 2.39. The molecule has 2 N–H and O–H groups in total. The van der Waals surface area contributed by atoms with Crippen LogP contribution in [0.4, 0.5) is 10.7 Å². The molecule has 28 heavy (non-hydrogen) atoms. The molecule has 0 saturated carbocycles. The van der Waals surface area contributed by atoms with Crippen LogP contribution >= 0.6 is 11.3 Å². The third kappa shape index (κ3) is 3.78. The number of carbonyl (C=O) groups excluding carboxylic acids is 1. The highest BCUT2D eigenvalue weighted by Gasteiger charge is 2.27. The minimum atomic E-state index is -0.300. The van der Waals surface area contributed by atoms with Crippen molar-refractivity contribution in [1.29, 1.82) is 5.26 Å². The molecule has 0 fully saturated rings. The predicted octanol–water partition coefficient (Wildman–Crippen LogP) is 5.00. The number of ketones is 1. The lowest BCUT2D eigenvalue weighted by atomic mass is 10.1. The van der Waals surface area contributed by atoms with Crippen LogP contribution in [-0.4, -0.2) is 24.0 Å². The van der Waals surface area contributed by atoms with Gasteiger partial charge in [0, 0.05) is 24.7 Å². The van der Waals surface area contributed by atoms with E-state index in [1.165, 1.54) is 11.3 Å². The van der Waals surface area contributed by atoms with Crippen LogP contribution in [0.1, 0.15) is 41.8 Å². The lowest BCUT2D eigenvalue weighted by molar-refractivity contribution is 0.100. The Morgan fingerprint density at radius 1 is 1.25 bits per heavy atom. The fourth-order valence-corrected chi connectivity index (χ4v) is 3.85. The minimum absolute atomic E-state index is 0.143. The Hall–Kier alpha value is -3.11. The molecule has 1 aromatic carbocycles. The van der Waals surface area contributed by atoms with Crippen LogP contribution in [0, 0.1) is 17.2 Å². The lowest BCUT2D eigenvalue weighted by Crippen LogP contribution is -2.21. The van der Waals surface area contributed by atoms with E-state index in [9.17, 15) is 10.1 Å². The topological polar surface area (TPSA) is 90.9 Å². The fraction of sp³-hybridized carbons (Fsp3) is 0.286. The van der Waals surface area contributed by atoms with E-state index >= 15 is 0 Å². The molecule has 2 heterocycles. The Bertz CT molecular complexity index is 1010. The fourth-order valence-electron chi connectivity index (χ4n) is 2.65. The summed E-state index contributed by atoms with van der Waals surface area (Å²) in [6, 6.07) is 13.5. The zero-order valence-electron chi connectivity index (χ0n) is 16.2. The summed E-state index contributed by atoms with van der Waals surface area (Å²) in [6.07, 6.45) is 0. The predicted molar refractivity (Wildman–Crippen MR) is 112 cm³/mol. The Morgan fingerprint density at radius 3 is 2.57 bits per heavy atom. The van der Waals surface area contributed by atoms with Crippen molar-refractivity contribution in [3.8, 4) is 17.3 Å². The smallest absolute Gasteiger partial charge is 0.243 e. The highest BCUT2D eigenvalue weighted by atomic mass is 32.1. The quantitative estimate of drug-likeness (QED) is 0.548. The molecule has 0 amide bonds. The summed E-state index contributed by atoms with van der Waals surface area (Å²) in [7, 11) is 1.70. The summed E-state index contributed by atoms with van der Waals surface area (Å²) in [4.78, 5) is 13.5. The second-order valence-electron chi connectivity index (χ2n) is 6.82. The molecule has 7 heteroatoms. The third-order valence-corrected chi connectivity index (χ3v) is 5.76. The van der Waals surface area contributed by atoms with Gasteiger partial charge in [-0.15, -0.1) is 11.3 Å². The van der Waals surface area contributed by atoms with Crippen molar-refractivity contribution < 1.29 is 9.32 Å². The number of hydrogen-bond acceptors (Lipinski definition) is 7. The Morgan fingerprint density at radius 2 is 1.96 bits per heavy atom. The van der Waals surface area contributed by atoms with Crippen molar-refractivity contribution in [2.45, 2.75) is 26.8 Å². The van der Waals surface area contributed by atoms with Crippen molar-refractivity contribution in [2.75, 3.05) is 17.7 Å². The van der Waals surface area contributed by atoms with Crippen LogP contribution in [-0.2, 0) is 0 Å². The van der Waals surface area contributed by atoms with Crippen LogP contribution in [0.2, 0.25) is 0 Å². The monoisotopic (exact) mass is 394 g/mol. The number of benzene rings is 1. The van der Waals surface area contributed by atoms with Gasteiger partial charge in [0.1, 0.15) is 27.2 Å². The largest absolute Gasteiger partial charge is 0.386 e. The van der Waals surface area contributed by atoms with Gasteiger partial charge in [-0.3, -0.25) is 4.79 Å². The number of carbonyl (C=O) groups is 1. The Kier molecular flexibility index (Phi) is 5.81. The van der Waals surface area contributed by atoms with Gasteiger partial charge in [-0.1, -0.05) is 49.3 Å². The summed E-state index contributed by atoms with van der Waals surface area (Å²) in [5, 5.41) is 20.7. The number of nitriles is 1. The molecule has 0 spiro atoms. The van der Waals surface area contributed by atoms with Gasteiger partial charge >= 0.3 is 0 Å². The molecule has 6 nitrogen and oxygen atoms in total. The average Bonchev–Trinajstić information content (AvgIpc) is 3.32. The van der Waals surface area contributed by atoms with E-state index in [0.717, 1.165) is 5.56 Å². The zero-order valence-corrected chi connectivity index (χ0v) is 17.1. The normalized spacial score (nSPS) is 11.9. The van der Waals surface area contributed by atoms with Gasteiger partial charge in [-0.2, -0.15) is 5.26 Å². The standard InChI is InChI=1S/C21H22N4O2S/c1-12(2)13(3)24-21-15(11-22)18(23-4)20(28-21)19(26)17-10-16(25-27-17)14-8-6-5-7-9-14/h5-10,12-13,23-24H,1-4H3. The van der Waals surface area contributed by atoms with Gasteiger partial charge in [0.25, 0.3) is 0 Å². The molecule has 144 valence electrons. The van der Waals surface area contributed by atoms with E-state index < -0.39 is 0 Å². The van der Waals surface area contributed by atoms with Gasteiger partial charge in [-0.05, 0) is 12.8 Å². The minimum Gasteiger partial charge on any atom is -0.386 e. The summed E-state index contributed by atoms with van der Waals surface area (Å²) in [5.74, 6) is 0.226. The molecule has 0 aliphatic rings. The van der Waals surface area contributed by atoms with Crippen LogP contribution in [0.25, 0.3) is 11.3 Å². The number of aromatic nitrogens is 1. The van der Waals surface area contributed by atoms with Crippen LogP contribution in [0.5, 0.6) is 0 Å². The van der Waals surface area contributed by atoms with Crippen molar-refractivity contribution in [2.24, 2.45) is 5.92 Å². The molecule has 0 saturated heterocycles. The average molecular weight is 395 g/mol. The van der Waals surface area contributed by atoms with Gasteiger partial charge < -0.3 is 15.2 Å². The van der Waals surface area contributed by atoms with E-state index in [2.05, 4.69) is 42.6 Å². The summed E-state index contributed by atoms with van der Waals surface area (Å²) in [6.45, 7) is 6.25. The van der Waals surface area contributed by atoms with Crippen LogP contribution in [0.15, 0.2) is 40.9 Å². The third-order valence-electron chi connectivity index (χ3n) is 4.64. The highest BCUT2D eigenvalue weighted by molar-refractivity contribution is 7.19. The molecule has 0 radical (unpaired) electrons. The van der Waals surface area contributed by atoms with E-state index in [4.69, 9.17) is 4.52 Å². The second kappa shape index (κ2) is 8.28. The number of rotatable bonds is 7. The van der Waals surface area contributed by atoms with E-state index in [0.29, 0.717) is 32.7 Å². The first-order valence-corrected chi connectivity index (χ1v) is 9.85. The number of nitrogens with one attached hydrogen (secondary N) is 2. The van der Waals surface area contributed by atoms with Gasteiger partial charge in [-0.25, -0.2) is 0 Å². The summed E-state index contributed by atoms with van der Waals surface area (Å²) in [5.41, 5.74) is 2.41. The second-order valence-corrected chi connectivity index (χ2v) is 7.84. The molecular formula is C21H22N4O2S. The van der Waals surface area contributed by atoms with Crippen LogP contribution < -0.4 is 10.6 Å². The van der Waals surface area contributed by atoms with Gasteiger partial charge in [0.15, 0.2) is 0 Å². The molecule has 0 bridgehead atoms. The summed E-state index contributed by atoms with van der Waals surface area (Å²) >= 11 is 1.26. The first kappa shape index (κ1) is 19.6. The molecule has 2 aromatic heterocycles. The molecule has 1 unspecified atom stereocenters. The van der Waals surface area contributed by atoms with Gasteiger partial charge in [0.2, 0.25) is 11.5 Å². The molecule has 3 aromatic rings. The van der Waals surface area contributed by atoms with Crippen LogP contribution in [0.3, 0.4) is 0 Å². The molecule has 0 aliphatic heterocycles. The lowest BCUT2D eigenvalue weighted by Gasteiger charge is -2.17. The maximum atomic E-state index is 13.1. The van der Waals surface area contributed by atoms with Crippen molar-refractivity contribution in [3.05, 3.63) is 52.6 Å². The first-order valence-electron chi connectivity index (χ1n) is 9.04.